The maximum atomic E-state index is 12.5. The van der Waals surface area contributed by atoms with Crippen LogP contribution < -0.4 is 0 Å². The summed E-state index contributed by atoms with van der Waals surface area (Å²) in [5.74, 6) is 0.724. The van der Waals surface area contributed by atoms with Gasteiger partial charge in [0.1, 0.15) is 18.1 Å². The van der Waals surface area contributed by atoms with Crippen molar-refractivity contribution < 1.29 is 27.2 Å². The van der Waals surface area contributed by atoms with Crippen molar-refractivity contribution in [3.63, 3.8) is 0 Å². The Morgan fingerprint density at radius 1 is 1.27 bits per heavy atom. The van der Waals surface area contributed by atoms with Crippen LogP contribution in [0, 0.1) is 5.92 Å². The van der Waals surface area contributed by atoms with E-state index in [-0.39, 0.29) is 16.9 Å². The number of ether oxygens (including phenoxy) is 1. The van der Waals surface area contributed by atoms with E-state index in [9.17, 15) is 18.0 Å². The molecule has 166 valence electrons. The van der Waals surface area contributed by atoms with Crippen LogP contribution in [0.25, 0.3) is 11.5 Å². The number of amides is 1. The van der Waals surface area contributed by atoms with Gasteiger partial charge in [0, 0.05) is 44.5 Å². The number of nitrogens with zero attached hydrogens (tertiary/aromatic N) is 4. The third-order valence-corrected chi connectivity index (χ3v) is 4.99. The number of rotatable bonds is 5. The van der Waals surface area contributed by atoms with Crippen LogP contribution in [0.3, 0.4) is 0 Å². The molecule has 0 N–H and O–H groups in total. The molecular formula is C20H27F3N4O3. The fourth-order valence-electron chi connectivity index (χ4n) is 3.51. The number of imidazole rings is 1. The number of carbonyl (C=O) groups excluding carboxylic acids is 1. The zero-order valence-electron chi connectivity index (χ0n) is 17.6. The van der Waals surface area contributed by atoms with Crippen molar-refractivity contribution in [1.29, 1.82) is 0 Å². The maximum absolute atomic E-state index is 12.5. The van der Waals surface area contributed by atoms with E-state index in [2.05, 4.69) is 35.5 Å². The van der Waals surface area contributed by atoms with Crippen LogP contribution in [0.5, 0.6) is 0 Å². The highest BCUT2D eigenvalue weighted by Gasteiger charge is 2.33. The number of alkyl halides is 3. The molecule has 3 heterocycles. The highest BCUT2D eigenvalue weighted by atomic mass is 19.4. The molecule has 1 saturated heterocycles. The minimum absolute atomic E-state index is 0.187. The van der Waals surface area contributed by atoms with Crippen molar-refractivity contribution in [2.24, 2.45) is 5.92 Å². The van der Waals surface area contributed by atoms with Crippen molar-refractivity contribution in [3.05, 3.63) is 23.8 Å². The molecule has 0 saturated carbocycles. The first kappa shape index (κ1) is 22.3. The van der Waals surface area contributed by atoms with Gasteiger partial charge in [-0.2, -0.15) is 13.2 Å². The van der Waals surface area contributed by atoms with Crippen molar-refractivity contribution in [3.8, 4) is 11.5 Å². The van der Waals surface area contributed by atoms with Gasteiger partial charge in [-0.1, -0.05) is 25.9 Å². The molecule has 0 aromatic carbocycles. The lowest BCUT2D eigenvalue weighted by Gasteiger charge is -2.25. The van der Waals surface area contributed by atoms with Crippen LogP contribution in [0.1, 0.15) is 49.9 Å². The van der Waals surface area contributed by atoms with Crippen molar-refractivity contribution in [2.45, 2.75) is 51.7 Å². The van der Waals surface area contributed by atoms with Crippen LogP contribution in [0.4, 0.5) is 13.2 Å². The Balaban J connectivity index is 1.83. The van der Waals surface area contributed by atoms with E-state index >= 15 is 0 Å². The molecule has 1 amide bonds. The Kier molecular flexibility index (Phi) is 6.26. The summed E-state index contributed by atoms with van der Waals surface area (Å²) in [5.41, 5.74) is 0.0831. The second-order valence-corrected chi connectivity index (χ2v) is 8.76. The van der Waals surface area contributed by atoms with E-state index in [1.54, 1.807) is 0 Å². The molecule has 0 bridgehead atoms. The standard InChI is InChI=1S/C20H27F3N4O3/c1-19(2,3)18-24-15(11-27(18)10-13-5-7-29-8-6-13)16-9-14(25-30-16)17(28)26(4)12-20(21,22)23/h9,11,13H,5-8,10,12H2,1-4H3. The molecule has 0 atom stereocenters. The van der Waals surface area contributed by atoms with Gasteiger partial charge >= 0.3 is 6.18 Å². The van der Waals surface area contributed by atoms with Gasteiger partial charge in [0.05, 0.1) is 0 Å². The lowest BCUT2D eigenvalue weighted by Crippen LogP contribution is -2.35. The fraction of sp³-hybridized carbons (Fsp3) is 0.650. The maximum Gasteiger partial charge on any atom is 0.406 e. The van der Waals surface area contributed by atoms with Gasteiger partial charge < -0.3 is 18.7 Å². The zero-order chi connectivity index (χ0) is 22.1. The van der Waals surface area contributed by atoms with Crippen molar-refractivity contribution in [1.82, 2.24) is 19.6 Å². The van der Waals surface area contributed by atoms with Crippen LogP contribution in [-0.2, 0) is 16.7 Å². The quantitative estimate of drug-likeness (QED) is 0.722. The van der Waals surface area contributed by atoms with E-state index in [1.165, 1.54) is 6.07 Å². The van der Waals surface area contributed by atoms with Crippen molar-refractivity contribution in [2.75, 3.05) is 26.8 Å². The van der Waals surface area contributed by atoms with Crippen LogP contribution in [0.15, 0.2) is 16.8 Å². The molecule has 2 aromatic rings. The topological polar surface area (TPSA) is 73.4 Å². The summed E-state index contributed by atoms with van der Waals surface area (Å²) in [6, 6.07) is 1.34. The fourth-order valence-corrected chi connectivity index (χ4v) is 3.51. The number of halogens is 3. The lowest BCUT2D eigenvalue weighted by molar-refractivity contribution is -0.138. The molecule has 7 nitrogen and oxygen atoms in total. The molecule has 10 heteroatoms. The molecule has 1 aliphatic rings. The monoisotopic (exact) mass is 428 g/mol. The number of hydrogen-bond donors (Lipinski definition) is 0. The summed E-state index contributed by atoms with van der Waals surface area (Å²) < 4.78 is 50.4. The zero-order valence-corrected chi connectivity index (χ0v) is 17.6. The van der Waals surface area contributed by atoms with Crippen molar-refractivity contribution >= 4 is 5.91 Å². The third-order valence-electron chi connectivity index (χ3n) is 4.99. The lowest BCUT2D eigenvalue weighted by atomic mass is 9.94. The Morgan fingerprint density at radius 2 is 1.93 bits per heavy atom. The first-order valence-electron chi connectivity index (χ1n) is 9.89. The molecule has 0 spiro atoms. The van der Waals surface area contributed by atoms with Gasteiger partial charge in [-0.25, -0.2) is 4.98 Å². The smallest absolute Gasteiger partial charge is 0.381 e. The Labute approximate surface area is 173 Å². The van der Waals surface area contributed by atoms with Gasteiger partial charge in [-0.05, 0) is 18.8 Å². The van der Waals surface area contributed by atoms with Gasteiger partial charge in [0.2, 0.25) is 0 Å². The van der Waals surface area contributed by atoms with E-state index in [0.717, 1.165) is 45.5 Å². The molecule has 0 aliphatic carbocycles. The molecule has 30 heavy (non-hydrogen) atoms. The minimum Gasteiger partial charge on any atom is -0.381 e. The Morgan fingerprint density at radius 3 is 2.53 bits per heavy atom. The number of aromatic nitrogens is 3. The van der Waals surface area contributed by atoms with E-state index in [4.69, 9.17) is 9.26 Å². The highest BCUT2D eigenvalue weighted by Crippen LogP contribution is 2.29. The second kappa shape index (κ2) is 8.41. The average Bonchev–Trinajstić information content (AvgIpc) is 3.27. The molecular weight excluding hydrogens is 401 g/mol. The predicted octanol–water partition coefficient (Wildman–Crippen LogP) is 3.90. The normalized spacial score (nSPS) is 16.1. The summed E-state index contributed by atoms with van der Waals surface area (Å²) in [7, 11) is 1.07. The first-order valence-corrected chi connectivity index (χ1v) is 9.89. The first-order chi connectivity index (χ1) is 13.9. The second-order valence-electron chi connectivity index (χ2n) is 8.76. The van der Waals surface area contributed by atoms with Crippen LogP contribution in [0.2, 0.25) is 0 Å². The van der Waals surface area contributed by atoms with Gasteiger partial charge in [0.15, 0.2) is 11.5 Å². The molecule has 1 aliphatic heterocycles. The summed E-state index contributed by atoms with van der Waals surface area (Å²) in [6.07, 6.45) is -0.682. The molecule has 3 rings (SSSR count). The van der Waals surface area contributed by atoms with E-state index in [1.807, 2.05) is 6.20 Å². The average molecular weight is 428 g/mol. The molecule has 2 aromatic heterocycles. The highest BCUT2D eigenvalue weighted by molar-refractivity contribution is 5.92. The predicted molar refractivity (Wildman–Crippen MR) is 103 cm³/mol. The third kappa shape index (κ3) is 5.41. The SMILES string of the molecule is CN(CC(F)(F)F)C(=O)c1cc(-c2cn(CC3CCOCC3)c(C(C)(C)C)n2)on1. The van der Waals surface area contributed by atoms with Gasteiger partial charge in [-0.15, -0.1) is 0 Å². The Hall–Kier alpha value is -2.36. The minimum atomic E-state index is -4.48. The number of hydrogen-bond acceptors (Lipinski definition) is 5. The van der Waals surface area contributed by atoms with Gasteiger partial charge in [0.25, 0.3) is 5.91 Å². The van der Waals surface area contributed by atoms with E-state index in [0.29, 0.717) is 16.5 Å². The van der Waals surface area contributed by atoms with E-state index < -0.39 is 18.6 Å². The largest absolute Gasteiger partial charge is 0.406 e. The van der Waals surface area contributed by atoms with Crippen LogP contribution >= 0.6 is 0 Å². The molecule has 0 unspecified atom stereocenters. The molecule has 1 fully saturated rings. The summed E-state index contributed by atoms with van der Waals surface area (Å²) >= 11 is 0. The number of carbonyl (C=O) groups is 1. The summed E-state index contributed by atoms with van der Waals surface area (Å²) in [6.45, 7) is 7.09. The molecule has 0 radical (unpaired) electrons. The Bertz CT molecular complexity index is 877. The summed E-state index contributed by atoms with van der Waals surface area (Å²) in [5, 5.41) is 3.66. The summed E-state index contributed by atoms with van der Waals surface area (Å²) in [4.78, 5) is 17.5. The van der Waals surface area contributed by atoms with Crippen LogP contribution in [-0.4, -0.2) is 58.5 Å². The van der Waals surface area contributed by atoms with Gasteiger partial charge in [-0.3, -0.25) is 4.79 Å².